The first kappa shape index (κ1) is 28.2. The maximum absolute atomic E-state index is 12.2. The number of carbonyl (C=O) groups is 2. The van der Waals surface area contributed by atoms with Crippen LogP contribution in [-0.4, -0.2) is 11.9 Å². The largest absolute Gasteiger partial charge is 0.423 e. The Hall–Kier alpha value is -1.84. The Labute approximate surface area is 196 Å². The first-order valence-corrected chi connectivity index (χ1v) is 12.5. The molecule has 0 saturated carbocycles. The summed E-state index contributed by atoms with van der Waals surface area (Å²) in [5.41, 5.74) is 0.735. The molecule has 32 heavy (non-hydrogen) atoms. The zero-order valence-electron chi connectivity index (χ0n) is 21.4. The minimum atomic E-state index is -0.275. The molecular formula is C28H46O4. The molecule has 0 spiro atoms. The van der Waals surface area contributed by atoms with E-state index in [2.05, 4.69) is 41.5 Å². The minimum Gasteiger partial charge on any atom is -0.423 e. The second-order valence-electron chi connectivity index (χ2n) is 11.3. The molecule has 0 heterocycles. The van der Waals surface area contributed by atoms with Gasteiger partial charge in [0.15, 0.2) is 11.5 Å². The van der Waals surface area contributed by atoms with Crippen LogP contribution in [0.2, 0.25) is 0 Å². The van der Waals surface area contributed by atoms with Gasteiger partial charge in [-0.15, -0.1) is 0 Å². The van der Waals surface area contributed by atoms with E-state index in [4.69, 9.17) is 9.47 Å². The molecule has 0 aliphatic carbocycles. The van der Waals surface area contributed by atoms with E-state index in [-0.39, 0.29) is 11.9 Å². The lowest BCUT2D eigenvalue weighted by molar-refractivity contribution is -0.137. The van der Waals surface area contributed by atoms with E-state index in [1.54, 1.807) is 24.3 Å². The molecule has 0 radical (unpaired) electrons. The summed E-state index contributed by atoms with van der Waals surface area (Å²) >= 11 is 0. The first-order valence-electron chi connectivity index (χ1n) is 12.5. The van der Waals surface area contributed by atoms with Gasteiger partial charge in [0.25, 0.3) is 0 Å². The second kappa shape index (κ2) is 14.3. The van der Waals surface area contributed by atoms with Crippen molar-refractivity contribution in [3.8, 4) is 11.5 Å². The summed E-state index contributed by atoms with van der Waals surface area (Å²) < 4.78 is 11.0. The zero-order chi connectivity index (χ0) is 24.0. The maximum Gasteiger partial charge on any atom is 0.311 e. The number of carbonyl (C=O) groups excluding carboxylic acids is 2. The third-order valence-corrected chi connectivity index (χ3v) is 5.41. The smallest absolute Gasteiger partial charge is 0.311 e. The molecule has 4 heteroatoms. The van der Waals surface area contributed by atoms with E-state index in [1.165, 1.54) is 25.7 Å². The van der Waals surface area contributed by atoms with E-state index in [1.807, 2.05) is 0 Å². The minimum absolute atomic E-state index is 0.275. The molecule has 0 bridgehead atoms. The Balaban J connectivity index is 2.30. The van der Waals surface area contributed by atoms with Crippen molar-refractivity contribution in [1.29, 1.82) is 0 Å². The fraction of sp³-hybridized carbons (Fsp3) is 0.714. The van der Waals surface area contributed by atoms with Crippen LogP contribution in [0.15, 0.2) is 24.3 Å². The van der Waals surface area contributed by atoms with Gasteiger partial charge < -0.3 is 9.47 Å². The van der Waals surface area contributed by atoms with Crippen molar-refractivity contribution in [3.63, 3.8) is 0 Å². The lowest BCUT2D eigenvalue weighted by Gasteiger charge is -2.17. The molecule has 0 aliphatic heterocycles. The number of hydrogen-bond acceptors (Lipinski definition) is 4. The second-order valence-corrected chi connectivity index (χ2v) is 11.3. The summed E-state index contributed by atoms with van der Waals surface area (Å²) in [6, 6.07) is 6.91. The van der Waals surface area contributed by atoms with Crippen molar-refractivity contribution in [2.75, 3.05) is 0 Å². The Kier molecular flexibility index (Phi) is 12.6. The average molecular weight is 447 g/mol. The van der Waals surface area contributed by atoms with Crippen LogP contribution in [0.5, 0.6) is 11.5 Å². The Morgan fingerprint density at radius 1 is 0.594 bits per heavy atom. The van der Waals surface area contributed by atoms with Gasteiger partial charge in [0, 0.05) is 12.8 Å². The summed E-state index contributed by atoms with van der Waals surface area (Å²) in [5.74, 6) is 0.0962. The van der Waals surface area contributed by atoms with Gasteiger partial charge >= 0.3 is 11.9 Å². The summed E-state index contributed by atoms with van der Waals surface area (Å²) in [7, 11) is 0. The van der Waals surface area contributed by atoms with Crippen LogP contribution in [0.4, 0.5) is 0 Å². The van der Waals surface area contributed by atoms with Gasteiger partial charge in [-0.3, -0.25) is 9.59 Å². The van der Waals surface area contributed by atoms with E-state index in [0.29, 0.717) is 35.2 Å². The maximum atomic E-state index is 12.2. The van der Waals surface area contributed by atoms with Crippen LogP contribution in [0, 0.1) is 10.8 Å². The predicted molar refractivity (Wildman–Crippen MR) is 132 cm³/mol. The lowest BCUT2D eigenvalue weighted by atomic mass is 9.89. The number of ether oxygens (including phenoxy) is 2. The normalized spacial score (nSPS) is 11.9. The van der Waals surface area contributed by atoms with E-state index < -0.39 is 0 Å². The quantitative estimate of drug-likeness (QED) is 0.164. The van der Waals surface area contributed by atoms with Crippen LogP contribution in [0.3, 0.4) is 0 Å². The lowest BCUT2D eigenvalue weighted by Crippen LogP contribution is -2.12. The van der Waals surface area contributed by atoms with Gasteiger partial charge in [-0.25, -0.2) is 0 Å². The SMILES string of the molecule is CC(C)(C)CCCCCCC(=O)Oc1ccccc1OC(=O)CCCCCCC(C)(C)C. The van der Waals surface area contributed by atoms with Crippen LogP contribution < -0.4 is 9.47 Å². The average Bonchev–Trinajstić information content (AvgIpc) is 2.67. The highest BCUT2D eigenvalue weighted by Gasteiger charge is 2.14. The summed E-state index contributed by atoms with van der Waals surface area (Å²) in [4.78, 5) is 24.4. The number of esters is 2. The Bertz CT molecular complexity index is 620. The third kappa shape index (κ3) is 15.0. The highest BCUT2D eigenvalue weighted by molar-refractivity contribution is 5.76. The van der Waals surface area contributed by atoms with Crippen LogP contribution in [0.1, 0.15) is 119 Å². The van der Waals surface area contributed by atoms with Gasteiger partial charge in [-0.2, -0.15) is 0 Å². The van der Waals surface area contributed by atoms with Crippen LogP contribution in [-0.2, 0) is 9.59 Å². The first-order chi connectivity index (χ1) is 15.0. The van der Waals surface area contributed by atoms with Crippen molar-refractivity contribution in [3.05, 3.63) is 24.3 Å². The fourth-order valence-electron chi connectivity index (χ4n) is 3.52. The van der Waals surface area contributed by atoms with Gasteiger partial charge in [0.2, 0.25) is 0 Å². The van der Waals surface area contributed by atoms with Gasteiger partial charge in [0.1, 0.15) is 0 Å². The van der Waals surface area contributed by atoms with Gasteiger partial charge in [0.05, 0.1) is 0 Å². The Morgan fingerprint density at radius 2 is 0.938 bits per heavy atom. The zero-order valence-corrected chi connectivity index (χ0v) is 21.4. The monoisotopic (exact) mass is 446 g/mol. The van der Waals surface area contributed by atoms with Crippen molar-refractivity contribution in [1.82, 2.24) is 0 Å². The fourth-order valence-corrected chi connectivity index (χ4v) is 3.52. The highest BCUT2D eigenvalue weighted by atomic mass is 16.6. The molecule has 0 aromatic heterocycles. The van der Waals surface area contributed by atoms with Gasteiger partial charge in [-0.1, -0.05) is 92.2 Å². The predicted octanol–water partition coefficient (Wildman–Crippen LogP) is 8.27. The number of unbranched alkanes of at least 4 members (excludes halogenated alkanes) is 6. The third-order valence-electron chi connectivity index (χ3n) is 5.41. The molecule has 0 fully saturated rings. The van der Waals surface area contributed by atoms with E-state index in [0.717, 1.165) is 38.5 Å². The molecule has 0 amide bonds. The van der Waals surface area contributed by atoms with E-state index in [9.17, 15) is 9.59 Å². The molecule has 1 aromatic rings. The number of hydrogen-bond donors (Lipinski definition) is 0. The van der Waals surface area contributed by atoms with Crippen LogP contribution in [0.25, 0.3) is 0 Å². The molecule has 0 saturated heterocycles. The van der Waals surface area contributed by atoms with Crippen molar-refractivity contribution in [2.24, 2.45) is 10.8 Å². The molecule has 1 rings (SSSR count). The Morgan fingerprint density at radius 3 is 1.28 bits per heavy atom. The number of rotatable bonds is 14. The summed E-state index contributed by atoms with van der Waals surface area (Å²) in [5, 5.41) is 0. The number of para-hydroxylation sites is 2. The topological polar surface area (TPSA) is 52.6 Å². The van der Waals surface area contributed by atoms with Crippen molar-refractivity contribution in [2.45, 2.75) is 119 Å². The number of benzene rings is 1. The highest BCUT2D eigenvalue weighted by Crippen LogP contribution is 2.28. The molecule has 1 aromatic carbocycles. The molecular weight excluding hydrogens is 400 g/mol. The molecule has 182 valence electrons. The molecule has 0 unspecified atom stereocenters. The van der Waals surface area contributed by atoms with Crippen LogP contribution >= 0.6 is 0 Å². The standard InChI is InChI=1S/C28H46O4/c1-27(2,3)21-15-9-7-11-19-25(29)31-23-17-13-14-18-24(23)32-26(30)20-12-8-10-16-22-28(4,5)6/h13-14,17-18H,7-12,15-16,19-22H2,1-6H3. The molecule has 0 atom stereocenters. The van der Waals surface area contributed by atoms with Crippen molar-refractivity contribution >= 4 is 11.9 Å². The van der Waals surface area contributed by atoms with Crippen molar-refractivity contribution < 1.29 is 19.1 Å². The van der Waals surface area contributed by atoms with E-state index >= 15 is 0 Å². The summed E-state index contributed by atoms with van der Waals surface area (Å²) in [6.45, 7) is 13.5. The van der Waals surface area contributed by atoms with Gasteiger partial charge in [-0.05, 0) is 48.6 Å². The summed E-state index contributed by atoms with van der Waals surface area (Å²) in [6.07, 6.45) is 11.5. The molecule has 0 N–H and O–H groups in total. The molecule has 4 nitrogen and oxygen atoms in total. The molecule has 0 aliphatic rings.